The van der Waals surface area contributed by atoms with Crippen molar-refractivity contribution in [3.05, 3.63) is 52.8 Å². The number of aromatic amines is 1. The molecule has 2 aromatic rings. The largest absolute Gasteiger partial charge is 0.378 e. The molecular formula is C27H38N4O2S. The molecule has 2 atom stereocenters. The molecule has 7 heteroatoms. The quantitative estimate of drug-likeness (QED) is 0.606. The maximum Gasteiger partial charge on any atom is 0.230 e. The van der Waals surface area contributed by atoms with Crippen LogP contribution in [0.3, 0.4) is 0 Å². The van der Waals surface area contributed by atoms with Crippen LogP contribution in [0.25, 0.3) is 0 Å². The molecule has 1 aromatic heterocycles. The number of piperidine rings is 1. The highest BCUT2D eigenvalue weighted by atomic mass is 32.2. The van der Waals surface area contributed by atoms with Crippen LogP contribution in [-0.2, 0) is 21.5 Å². The number of H-pyrrole nitrogens is 1. The summed E-state index contributed by atoms with van der Waals surface area (Å²) < 4.78 is 6.16. The second-order valence-electron chi connectivity index (χ2n) is 10.3. The van der Waals surface area contributed by atoms with Crippen LogP contribution >= 0.6 is 11.8 Å². The molecular weight excluding hydrogens is 444 g/mol. The Morgan fingerprint density at radius 1 is 1.24 bits per heavy atom. The molecule has 3 aliphatic rings. The van der Waals surface area contributed by atoms with Crippen LogP contribution in [0.1, 0.15) is 79.3 Å². The fourth-order valence-corrected chi connectivity index (χ4v) is 7.16. The number of hydrogen-bond donors (Lipinski definition) is 2. The first-order chi connectivity index (χ1) is 16.7. The van der Waals surface area contributed by atoms with Crippen molar-refractivity contribution in [2.24, 2.45) is 0 Å². The smallest absolute Gasteiger partial charge is 0.230 e. The molecule has 2 aliphatic carbocycles. The molecule has 34 heavy (non-hydrogen) atoms. The van der Waals surface area contributed by atoms with E-state index in [1.54, 1.807) is 18.9 Å². The van der Waals surface area contributed by atoms with Crippen molar-refractivity contribution in [1.29, 1.82) is 0 Å². The molecule has 1 amide bonds. The Hall–Kier alpha value is -1.83. The zero-order chi connectivity index (χ0) is 23.5. The summed E-state index contributed by atoms with van der Waals surface area (Å²) in [6, 6.07) is 8.56. The van der Waals surface area contributed by atoms with E-state index >= 15 is 0 Å². The number of aromatic nitrogens is 2. The lowest BCUT2D eigenvalue weighted by atomic mass is 9.71. The van der Waals surface area contributed by atoms with Crippen LogP contribution in [0, 0.1) is 0 Å². The molecule has 6 nitrogen and oxygen atoms in total. The van der Waals surface area contributed by atoms with Crippen molar-refractivity contribution >= 4 is 17.7 Å². The lowest BCUT2D eigenvalue weighted by Gasteiger charge is -2.44. The van der Waals surface area contributed by atoms with Gasteiger partial charge < -0.3 is 10.1 Å². The van der Waals surface area contributed by atoms with Gasteiger partial charge in [-0.15, -0.1) is 0 Å². The summed E-state index contributed by atoms with van der Waals surface area (Å²) in [6.45, 7) is 3.01. The Morgan fingerprint density at radius 2 is 2.00 bits per heavy atom. The zero-order valence-corrected chi connectivity index (χ0v) is 21.3. The van der Waals surface area contributed by atoms with Crippen LogP contribution in [0.5, 0.6) is 0 Å². The second-order valence-corrected chi connectivity index (χ2v) is 11.2. The Kier molecular flexibility index (Phi) is 7.32. The number of methoxy groups -OCH3 is 1. The van der Waals surface area contributed by atoms with Crippen molar-refractivity contribution in [2.75, 3.05) is 32.2 Å². The molecule has 1 saturated carbocycles. The molecule has 2 heterocycles. The van der Waals surface area contributed by atoms with E-state index in [1.807, 2.05) is 6.26 Å². The Labute approximate surface area is 207 Å². The summed E-state index contributed by atoms with van der Waals surface area (Å²) in [7, 11) is 1.81. The van der Waals surface area contributed by atoms with Crippen molar-refractivity contribution < 1.29 is 9.53 Å². The number of ether oxygens (including phenoxy) is 1. The van der Waals surface area contributed by atoms with E-state index in [4.69, 9.17) is 4.74 Å². The van der Waals surface area contributed by atoms with Crippen molar-refractivity contribution in [1.82, 2.24) is 20.4 Å². The fraction of sp³-hybridized carbons (Fsp3) is 0.630. The average Bonchev–Trinajstić information content (AvgIpc) is 3.42. The monoisotopic (exact) mass is 482 g/mol. The molecule has 0 bridgehead atoms. The Morgan fingerprint density at radius 3 is 2.74 bits per heavy atom. The summed E-state index contributed by atoms with van der Waals surface area (Å²) in [5.41, 5.74) is 5.29. The van der Waals surface area contributed by atoms with Crippen molar-refractivity contribution in [3.63, 3.8) is 0 Å². The van der Waals surface area contributed by atoms with E-state index in [0.29, 0.717) is 11.7 Å². The minimum atomic E-state index is -0.0841. The molecule has 1 aliphatic heterocycles. The van der Waals surface area contributed by atoms with Gasteiger partial charge in [0.15, 0.2) is 0 Å². The summed E-state index contributed by atoms with van der Waals surface area (Å²) >= 11 is 1.56. The number of hydrogen-bond acceptors (Lipinski definition) is 5. The first kappa shape index (κ1) is 23.9. The molecule has 1 spiro atoms. The lowest BCUT2D eigenvalue weighted by molar-refractivity contribution is -0.121. The van der Waals surface area contributed by atoms with Crippen LogP contribution < -0.4 is 5.32 Å². The van der Waals surface area contributed by atoms with E-state index in [-0.39, 0.29) is 23.5 Å². The molecule has 184 valence electrons. The van der Waals surface area contributed by atoms with Gasteiger partial charge in [-0.05, 0) is 56.2 Å². The molecule has 5 rings (SSSR count). The third-order valence-electron chi connectivity index (χ3n) is 8.43. The van der Waals surface area contributed by atoms with Gasteiger partial charge in [0, 0.05) is 36.2 Å². The average molecular weight is 483 g/mol. The lowest BCUT2D eigenvalue weighted by Crippen LogP contribution is -2.50. The van der Waals surface area contributed by atoms with Gasteiger partial charge in [-0.1, -0.05) is 43.5 Å². The Bertz CT molecular complexity index is 979. The minimum absolute atomic E-state index is 0.0374. The highest BCUT2D eigenvalue weighted by Gasteiger charge is 2.53. The van der Waals surface area contributed by atoms with E-state index in [0.717, 1.165) is 32.5 Å². The van der Waals surface area contributed by atoms with Crippen LogP contribution in [0.15, 0.2) is 30.5 Å². The third kappa shape index (κ3) is 4.42. The number of benzene rings is 1. The standard InChI is InChI=1S/C27H38N4O2S/c1-33-26-25(29-23(32)18-34-2)21-10-6-7-11-22(21)27(26)12-14-31(15-13-27)17-20-16-28-30-24(20)19-8-4-3-5-9-19/h6-7,10-11,16,19,25-26H,3-5,8-9,12-15,17-18H2,1-2H3,(H,28,30)(H,29,32)/t25-,26+/m1/s1. The number of rotatable bonds is 7. The second kappa shape index (κ2) is 10.4. The number of nitrogens with zero attached hydrogens (tertiary/aromatic N) is 2. The zero-order valence-electron chi connectivity index (χ0n) is 20.5. The van der Waals surface area contributed by atoms with Crippen LogP contribution in [-0.4, -0.2) is 59.3 Å². The number of nitrogens with one attached hydrogen (secondary N) is 2. The Balaban J connectivity index is 1.32. The number of fused-ring (bicyclic) bond motifs is 2. The fourth-order valence-electron chi connectivity index (χ4n) is 6.82. The maximum atomic E-state index is 12.5. The molecule has 2 N–H and O–H groups in total. The molecule has 2 fully saturated rings. The van der Waals surface area contributed by atoms with E-state index < -0.39 is 0 Å². The first-order valence-electron chi connectivity index (χ1n) is 12.8. The number of likely N-dealkylation sites (tertiary alicyclic amines) is 1. The van der Waals surface area contributed by atoms with Crippen molar-refractivity contribution in [3.8, 4) is 0 Å². The summed E-state index contributed by atoms with van der Waals surface area (Å²) in [5, 5.41) is 11.1. The van der Waals surface area contributed by atoms with Crippen molar-refractivity contribution in [2.45, 2.75) is 75.0 Å². The number of thioether (sulfide) groups is 1. The minimum Gasteiger partial charge on any atom is -0.378 e. The molecule has 1 aromatic carbocycles. The van der Waals surface area contributed by atoms with Crippen LogP contribution in [0.2, 0.25) is 0 Å². The van der Waals surface area contributed by atoms with Gasteiger partial charge in [-0.3, -0.25) is 14.8 Å². The van der Waals surface area contributed by atoms with Gasteiger partial charge >= 0.3 is 0 Å². The number of amides is 1. The van der Waals surface area contributed by atoms with Gasteiger partial charge in [0.25, 0.3) is 0 Å². The molecule has 0 radical (unpaired) electrons. The molecule has 1 saturated heterocycles. The summed E-state index contributed by atoms with van der Waals surface area (Å²) in [6.07, 6.45) is 12.7. The predicted molar refractivity (Wildman–Crippen MR) is 137 cm³/mol. The summed E-state index contributed by atoms with van der Waals surface area (Å²) in [4.78, 5) is 15.1. The topological polar surface area (TPSA) is 70.2 Å². The van der Waals surface area contributed by atoms with Gasteiger partial charge in [-0.25, -0.2) is 0 Å². The normalized spacial score (nSPS) is 24.9. The number of carbonyl (C=O) groups is 1. The highest BCUT2D eigenvalue weighted by Crippen LogP contribution is 2.52. The highest BCUT2D eigenvalue weighted by molar-refractivity contribution is 7.99. The van der Waals surface area contributed by atoms with Gasteiger partial charge in [-0.2, -0.15) is 16.9 Å². The predicted octanol–water partition coefficient (Wildman–Crippen LogP) is 4.54. The maximum absolute atomic E-state index is 12.5. The van der Waals surface area contributed by atoms with E-state index in [9.17, 15) is 4.79 Å². The molecule has 0 unspecified atom stereocenters. The first-order valence-corrected chi connectivity index (χ1v) is 14.2. The SMILES string of the molecule is CO[C@H]1[C@H](NC(=O)CSC)c2ccccc2C12CCN(Cc1cn[nH]c1C1CCCCC1)CC2. The van der Waals surface area contributed by atoms with Gasteiger partial charge in [0.1, 0.15) is 0 Å². The van der Waals surface area contributed by atoms with Gasteiger partial charge in [0.05, 0.1) is 24.1 Å². The van der Waals surface area contributed by atoms with E-state index in [2.05, 4.69) is 50.9 Å². The third-order valence-corrected chi connectivity index (χ3v) is 8.98. The van der Waals surface area contributed by atoms with Crippen LogP contribution in [0.4, 0.5) is 0 Å². The van der Waals surface area contributed by atoms with E-state index in [1.165, 1.54) is 54.5 Å². The number of carbonyl (C=O) groups excluding carboxylic acids is 1. The summed E-state index contributed by atoms with van der Waals surface area (Å²) in [5.74, 6) is 1.20. The van der Waals surface area contributed by atoms with Gasteiger partial charge in [0.2, 0.25) is 5.91 Å².